The zero-order chi connectivity index (χ0) is 24.5. The smallest absolute Gasteiger partial charge is 0.320 e. The molecule has 5 heterocycles. The summed E-state index contributed by atoms with van der Waals surface area (Å²) < 4.78 is 26.2. The summed E-state index contributed by atoms with van der Waals surface area (Å²) in [6, 6.07) is 8.08. The van der Waals surface area contributed by atoms with Gasteiger partial charge in [-0.15, -0.1) is 0 Å². The van der Waals surface area contributed by atoms with E-state index in [1.807, 2.05) is 20.3 Å². The van der Waals surface area contributed by atoms with Gasteiger partial charge in [0.05, 0.1) is 18.9 Å². The van der Waals surface area contributed by atoms with Crippen LogP contribution < -0.4 is 5.32 Å². The lowest BCUT2D eigenvalue weighted by Gasteiger charge is -2.37. The molecule has 11 heteroatoms. The Bertz CT molecular complexity index is 1360. The number of benzene rings is 1. The quantitative estimate of drug-likeness (QED) is 0.466. The lowest BCUT2D eigenvalue weighted by atomic mass is 10.1. The van der Waals surface area contributed by atoms with Gasteiger partial charge >= 0.3 is 11.9 Å². The third kappa shape index (κ3) is 4.37. The van der Waals surface area contributed by atoms with Gasteiger partial charge in [0.25, 0.3) is 0 Å². The minimum absolute atomic E-state index is 0.0370. The third-order valence-electron chi connectivity index (χ3n) is 6.58. The fourth-order valence-electron chi connectivity index (χ4n) is 4.81. The van der Waals surface area contributed by atoms with Crippen molar-refractivity contribution in [2.75, 3.05) is 44.7 Å². The first-order valence-corrected chi connectivity index (χ1v) is 12.1. The Morgan fingerprint density at radius 2 is 1.89 bits per heavy atom. The molecular weight excluding hydrogens is 465 g/mol. The molecule has 1 N–H and O–H groups in total. The molecule has 4 aromatic rings. The number of rotatable bonds is 4. The number of amides is 2. The van der Waals surface area contributed by atoms with Crippen LogP contribution in [0.2, 0.25) is 0 Å². The highest BCUT2D eigenvalue weighted by molar-refractivity contribution is 5.79. The Morgan fingerprint density at radius 1 is 1.06 bits per heavy atom. The molecule has 0 saturated carbocycles. The molecule has 2 amide bonds. The summed E-state index contributed by atoms with van der Waals surface area (Å²) in [6.45, 7) is 3.75. The number of aromatic nitrogens is 4. The van der Waals surface area contributed by atoms with E-state index in [0.717, 1.165) is 30.6 Å². The molecule has 0 aliphatic carbocycles. The van der Waals surface area contributed by atoms with Crippen molar-refractivity contribution >= 4 is 17.8 Å². The minimum Gasteiger partial charge on any atom is -0.432 e. The Balaban J connectivity index is 1.24. The van der Waals surface area contributed by atoms with Crippen LogP contribution in [-0.2, 0) is 4.74 Å². The monoisotopic (exact) mass is 491 g/mol. The summed E-state index contributed by atoms with van der Waals surface area (Å²) in [5.74, 6) is 0.578. The predicted molar refractivity (Wildman–Crippen MR) is 130 cm³/mol. The summed E-state index contributed by atoms with van der Waals surface area (Å²) in [6.07, 6.45) is 6.84. The summed E-state index contributed by atoms with van der Waals surface area (Å²) >= 11 is 0. The molecule has 0 unspecified atom stereocenters. The number of fused-ring (bicyclic) bond motifs is 1. The van der Waals surface area contributed by atoms with Gasteiger partial charge in [0.15, 0.2) is 0 Å². The summed E-state index contributed by atoms with van der Waals surface area (Å²) in [7, 11) is 0. The number of likely N-dealkylation sites (tertiary alicyclic amines) is 1. The van der Waals surface area contributed by atoms with Gasteiger partial charge in [-0.2, -0.15) is 4.98 Å². The Hall–Kier alpha value is -3.99. The van der Waals surface area contributed by atoms with Crippen molar-refractivity contribution in [3.63, 3.8) is 0 Å². The van der Waals surface area contributed by atoms with Crippen LogP contribution in [0, 0.1) is 5.82 Å². The second-order valence-corrected chi connectivity index (χ2v) is 8.95. The van der Waals surface area contributed by atoms with Crippen LogP contribution in [0.4, 0.5) is 15.1 Å². The number of halogens is 1. The first kappa shape index (κ1) is 22.5. The fourth-order valence-corrected chi connectivity index (χ4v) is 4.81. The standard InChI is InChI=1S/C25H26FN7O3/c26-18-5-3-17(4-6-18)21-22(33-12-15-36-24(33)30-21)20-7-8-27-23(29-20)28-19-2-1-9-32(16-19)25(34)31-10-13-35-14-11-31/h3-8,12,15,19H,1-2,9-11,13-14,16H2,(H,27,28,29)/t19-/m1/s1. The first-order chi connectivity index (χ1) is 17.7. The number of nitrogens with zero attached hydrogens (tertiary/aromatic N) is 6. The van der Waals surface area contributed by atoms with Gasteiger partial charge in [0, 0.05) is 50.2 Å². The normalized spacial score (nSPS) is 18.5. The number of hydrogen-bond donors (Lipinski definition) is 1. The van der Waals surface area contributed by atoms with Crippen LogP contribution in [-0.4, -0.2) is 80.6 Å². The van der Waals surface area contributed by atoms with Gasteiger partial charge in [0.2, 0.25) is 5.95 Å². The molecule has 2 fully saturated rings. The maximum atomic E-state index is 13.5. The van der Waals surface area contributed by atoms with E-state index in [1.165, 1.54) is 12.1 Å². The van der Waals surface area contributed by atoms with Gasteiger partial charge in [-0.05, 0) is 43.2 Å². The summed E-state index contributed by atoms with van der Waals surface area (Å²) in [5, 5.41) is 3.42. The van der Waals surface area contributed by atoms with Crippen LogP contribution in [0.25, 0.3) is 28.5 Å². The molecule has 10 nitrogen and oxygen atoms in total. The topological polar surface area (TPSA) is 101 Å². The average molecular weight is 492 g/mol. The molecular formula is C25H26FN7O3. The highest BCUT2D eigenvalue weighted by Gasteiger charge is 2.28. The first-order valence-electron chi connectivity index (χ1n) is 12.1. The number of oxazole rings is 1. The number of carbonyl (C=O) groups is 1. The van der Waals surface area contributed by atoms with E-state index in [0.29, 0.717) is 56.0 Å². The molecule has 0 radical (unpaired) electrons. The van der Waals surface area contributed by atoms with Gasteiger partial charge in [-0.3, -0.25) is 4.40 Å². The van der Waals surface area contributed by atoms with Gasteiger partial charge in [-0.25, -0.2) is 19.2 Å². The molecule has 0 bridgehead atoms. The third-order valence-corrected chi connectivity index (χ3v) is 6.58. The molecule has 1 aromatic carbocycles. The molecule has 6 rings (SSSR count). The highest BCUT2D eigenvalue weighted by Crippen LogP contribution is 2.32. The van der Waals surface area contributed by atoms with Crippen LogP contribution >= 0.6 is 0 Å². The van der Waals surface area contributed by atoms with Crippen molar-refractivity contribution in [2.24, 2.45) is 0 Å². The maximum Gasteiger partial charge on any atom is 0.320 e. The second-order valence-electron chi connectivity index (χ2n) is 8.95. The van der Waals surface area contributed by atoms with E-state index in [1.54, 1.807) is 30.8 Å². The lowest BCUT2D eigenvalue weighted by Crippen LogP contribution is -2.53. The number of piperidine rings is 1. The zero-order valence-corrected chi connectivity index (χ0v) is 19.6. The van der Waals surface area contributed by atoms with Crippen LogP contribution in [0.3, 0.4) is 0 Å². The number of urea groups is 1. The van der Waals surface area contributed by atoms with Crippen molar-refractivity contribution < 1.29 is 18.3 Å². The van der Waals surface area contributed by atoms with Crippen LogP contribution in [0.1, 0.15) is 12.8 Å². The van der Waals surface area contributed by atoms with Gasteiger partial charge in [-0.1, -0.05) is 0 Å². The van der Waals surface area contributed by atoms with Crippen LogP contribution in [0.15, 0.2) is 53.4 Å². The van der Waals surface area contributed by atoms with E-state index in [-0.39, 0.29) is 17.9 Å². The second kappa shape index (κ2) is 9.57. The van der Waals surface area contributed by atoms with Crippen molar-refractivity contribution in [2.45, 2.75) is 18.9 Å². The number of carbonyl (C=O) groups excluding carboxylic acids is 1. The Labute approximate surface area is 206 Å². The van der Waals surface area contributed by atoms with E-state index in [4.69, 9.17) is 14.1 Å². The van der Waals surface area contributed by atoms with Gasteiger partial charge in [0.1, 0.15) is 23.5 Å². The predicted octanol–water partition coefficient (Wildman–Crippen LogP) is 3.52. The Morgan fingerprint density at radius 3 is 2.72 bits per heavy atom. The average Bonchev–Trinajstić information content (AvgIpc) is 3.51. The van der Waals surface area contributed by atoms with E-state index in [9.17, 15) is 9.18 Å². The summed E-state index contributed by atoms with van der Waals surface area (Å²) in [4.78, 5) is 30.5. The van der Waals surface area contributed by atoms with Crippen molar-refractivity contribution in [1.29, 1.82) is 0 Å². The number of ether oxygens (including phenoxy) is 1. The van der Waals surface area contributed by atoms with Crippen LogP contribution in [0.5, 0.6) is 0 Å². The Kier molecular flexibility index (Phi) is 5.98. The molecule has 1 atom stereocenters. The fraction of sp³-hybridized carbons (Fsp3) is 0.360. The largest absolute Gasteiger partial charge is 0.432 e. The number of anilines is 1. The lowest BCUT2D eigenvalue weighted by molar-refractivity contribution is 0.0412. The van der Waals surface area contributed by atoms with E-state index < -0.39 is 0 Å². The molecule has 2 saturated heterocycles. The number of morpholine rings is 1. The summed E-state index contributed by atoms with van der Waals surface area (Å²) in [5.41, 5.74) is 2.77. The van der Waals surface area contributed by atoms with Crippen molar-refractivity contribution in [3.8, 4) is 22.6 Å². The zero-order valence-electron chi connectivity index (χ0n) is 19.6. The molecule has 2 aliphatic heterocycles. The van der Waals surface area contributed by atoms with Gasteiger partial charge < -0.3 is 24.3 Å². The number of nitrogens with one attached hydrogen (secondary N) is 1. The van der Waals surface area contributed by atoms with E-state index >= 15 is 0 Å². The molecule has 186 valence electrons. The number of imidazole rings is 1. The van der Waals surface area contributed by atoms with Crippen molar-refractivity contribution in [1.82, 2.24) is 29.2 Å². The molecule has 3 aromatic heterocycles. The minimum atomic E-state index is -0.314. The SMILES string of the molecule is O=C(N1CCOCC1)N1CCC[C@@H](Nc2nccc(-c3c(-c4ccc(F)cc4)nc4occn34)n2)C1. The highest BCUT2D eigenvalue weighted by atomic mass is 19.1. The maximum absolute atomic E-state index is 13.5. The molecule has 2 aliphatic rings. The van der Waals surface area contributed by atoms with E-state index in [2.05, 4.69) is 15.3 Å². The number of hydrogen-bond acceptors (Lipinski definition) is 7. The molecule has 36 heavy (non-hydrogen) atoms. The van der Waals surface area contributed by atoms with Crippen molar-refractivity contribution in [3.05, 3.63) is 54.8 Å². The molecule has 0 spiro atoms.